The minimum Gasteiger partial charge on any atom is -0.478 e. The summed E-state index contributed by atoms with van der Waals surface area (Å²) in [6.45, 7) is 3.11. The van der Waals surface area contributed by atoms with E-state index in [2.05, 4.69) is 10.0 Å². The fraction of sp³-hybridized carbons (Fsp3) is 0.533. The van der Waals surface area contributed by atoms with Crippen molar-refractivity contribution in [3.8, 4) is 5.75 Å². The van der Waals surface area contributed by atoms with Crippen LogP contribution in [-0.4, -0.2) is 47.2 Å². The molecule has 0 saturated heterocycles. The molecule has 1 aromatic carbocycles. The molecule has 0 saturated carbocycles. The molecule has 0 aromatic heterocycles. The quantitative estimate of drug-likeness (QED) is 0.515. The molecule has 1 aliphatic rings. The number of halogens is 1. The number of sulfonamides is 1. The van der Waals surface area contributed by atoms with Crippen LogP contribution in [0.1, 0.15) is 18.9 Å². The molecular formula is C15H23ClN2O5S. The van der Waals surface area contributed by atoms with Gasteiger partial charge in [0.1, 0.15) is 5.75 Å². The normalized spacial score (nSPS) is 16.0. The summed E-state index contributed by atoms with van der Waals surface area (Å²) < 4.78 is 37.5. The summed E-state index contributed by atoms with van der Waals surface area (Å²) in [5.74, 6) is 0.0930. The van der Waals surface area contributed by atoms with Crippen LogP contribution in [0.2, 0.25) is 0 Å². The third-order valence-electron chi connectivity index (χ3n) is 3.46. The highest BCUT2D eigenvalue weighted by molar-refractivity contribution is 7.89. The number of hydrogen-bond acceptors (Lipinski definition) is 6. The van der Waals surface area contributed by atoms with E-state index in [9.17, 15) is 13.2 Å². The zero-order valence-corrected chi connectivity index (χ0v) is 15.3. The topological polar surface area (TPSA) is 93.7 Å². The number of benzene rings is 1. The van der Waals surface area contributed by atoms with Gasteiger partial charge in [-0.2, -0.15) is 0 Å². The van der Waals surface area contributed by atoms with Crippen molar-refractivity contribution in [2.24, 2.45) is 0 Å². The van der Waals surface area contributed by atoms with Gasteiger partial charge in [-0.1, -0.05) is 0 Å². The molecule has 0 fully saturated rings. The average Bonchev–Trinajstić information content (AvgIpc) is 2.95. The molecule has 0 bridgehead atoms. The third kappa shape index (κ3) is 5.07. The summed E-state index contributed by atoms with van der Waals surface area (Å²) in [5.41, 5.74) is 0.696. The zero-order valence-electron chi connectivity index (χ0n) is 13.7. The second-order valence-corrected chi connectivity index (χ2v) is 6.95. The summed E-state index contributed by atoms with van der Waals surface area (Å²) in [6.07, 6.45) is 0.318. The van der Waals surface area contributed by atoms with Crippen molar-refractivity contribution in [1.29, 1.82) is 0 Å². The molecule has 7 nitrogen and oxygen atoms in total. The van der Waals surface area contributed by atoms with E-state index in [0.717, 1.165) is 6.54 Å². The maximum absolute atomic E-state index is 12.2. The fourth-order valence-corrected chi connectivity index (χ4v) is 3.44. The van der Waals surface area contributed by atoms with Crippen molar-refractivity contribution in [3.63, 3.8) is 0 Å². The van der Waals surface area contributed by atoms with Crippen molar-refractivity contribution in [2.45, 2.75) is 30.8 Å². The summed E-state index contributed by atoms with van der Waals surface area (Å²) in [4.78, 5) is 11.9. The Morgan fingerprint density at radius 1 is 1.38 bits per heavy atom. The Kier molecular flexibility index (Phi) is 7.95. The highest BCUT2D eigenvalue weighted by atomic mass is 35.5. The summed E-state index contributed by atoms with van der Waals surface area (Å²) >= 11 is 0. The lowest BCUT2D eigenvalue weighted by molar-refractivity contribution is -0.150. The van der Waals surface area contributed by atoms with Gasteiger partial charge in [-0.05, 0) is 50.7 Å². The second-order valence-electron chi connectivity index (χ2n) is 5.19. The van der Waals surface area contributed by atoms with E-state index in [0.29, 0.717) is 30.7 Å². The number of carbonyl (C=O) groups is 1. The molecule has 2 N–H and O–H groups in total. The van der Waals surface area contributed by atoms with E-state index < -0.39 is 22.1 Å². The molecule has 0 aliphatic carbocycles. The molecule has 136 valence electrons. The first-order valence-electron chi connectivity index (χ1n) is 7.58. The first-order valence-corrected chi connectivity index (χ1v) is 9.06. The largest absolute Gasteiger partial charge is 0.478 e. The van der Waals surface area contributed by atoms with E-state index in [-0.39, 0.29) is 23.9 Å². The first-order chi connectivity index (χ1) is 11.0. The van der Waals surface area contributed by atoms with Crippen LogP contribution in [0.25, 0.3) is 0 Å². The van der Waals surface area contributed by atoms with Gasteiger partial charge in [0, 0.05) is 13.0 Å². The SMILES string of the molecule is CCOC(=O)C1Cc2cc(S(=O)(=O)NCCCNC)ccc2O1.Cl. The van der Waals surface area contributed by atoms with Crippen molar-refractivity contribution in [2.75, 3.05) is 26.7 Å². The van der Waals surface area contributed by atoms with Crippen LogP contribution in [0.4, 0.5) is 0 Å². The maximum Gasteiger partial charge on any atom is 0.347 e. The van der Waals surface area contributed by atoms with E-state index >= 15 is 0 Å². The zero-order chi connectivity index (χ0) is 16.9. The van der Waals surface area contributed by atoms with Gasteiger partial charge in [0.05, 0.1) is 11.5 Å². The Bertz CT molecular complexity index is 666. The Labute approximate surface area is 148 Å². The van der Waals surface area contributed by atoms with E-state index in [1.54, 1.807) is 19.1 Å². The number of fused-ring (bicyclic) bond motifs is 1. The Balaban J connectivity index is 0.00000288. The van der Waals surface area contributed by atoms with Crippen molar-refractivity contribution in [1.82, 2.24) is 10.0 Å². The monoisotopic (exact) mass is 378 g/mol. The Morgan fingerprint density at radius 2 is 2.12 bits per heavy atom. The van der Waals surface area contributed by atoms with Crippen LogP contribution in [0.3, 0.4) is 0 Å². The van der Waals surface area contributed by atoms with Crippen LogP contribution < -0.4 is 14.8 Å². The van der Waals surface area contributed by atoms with Crippen LogP contribution in [0.15, 0.2) is 23.1 Å². The minimum atomic E-state index is -3.56. The lowest BCUT2D eigenvalue weighted by Crippen LogP contribution is -2.27. The van der Waals surface area contributed by atoms with Crippen molar-refractivity contribution < 1.29 is 22.7 Å². The summed E-state index contributed by atoms with van der Waals surface area (Å²) in [5, 5.41) is 2.96. The molecule has 1 unspecified atom stereocenters. The third-order valence-corrected chi connectivity index (χ3v) is 4.92. The van der Waals surface area contributed by atoms with Crippen LogP contribution in [0, 0.1) is 0 Å². The molecule has 9 heteroatoms. The molecule has 0 amide bonds. The average molecular weight is 379 g/mol. The molecule has 0 radical (unpaired) electrons. The van der Waals surface area contributed by atoms with E-state index in [4.69, 9.17) is 9.47 Å². The van der Waals surface area contributed by atoms with E-state index in [1.165, 1.54) is 6.07 Å². The van der Waals surface area contributed by atoms with Gasteiger partial charge >= 0.3 is 5.97 Å². The van der Waals surface area contributed by atoms with Gasteiger partial charge in [0.25, 0.3) is 0 Å². The summed E-state index contributed by atoms with van der Waals surface area (Å²) in [6, 6.07) is 4.61. The number of carbonyl (C=O) groups excluding carboxylic acids is 1. The Morgan fingerprint density at radius 3 is 2.79 bits per heavy atom. The van der Waals surface area contributed by atoms with Gasteiger partial charge in [-0.15, -0.1) is 12.4 Å². The minimum absolute atomic E-state index is 0. The van der Waals surface area contributed by atoms with E-state index in [1.807, 2.05) is 7.05 Å². The standard InChI is InChI=1S/C15H22N2O5S.ClH/c1-3-21-15(18)14-10-11-9-12(5-6-13(11)22-14)23(19,20)17-8-4-7-16-2;/h5-6,9,14,16-17H,3-4,7-8,10H2,1-2H3;1H. The molecule has 1 atom stereocenters. The van der Waals surface area contributed by atoms with Crippen LogP contribution in [-0.2, 0) is 26.0 Å². The highest BCUT2D eigenvalue weighted by Crippen LogP contribution is 2.31. The number of hydrogen-bond donors (Lipinski definition) is 2. The molecule has 24 heavy (non-hydrogen) atoms. The van der Waals surface area contributed by atoms with Gasteiger partial charge in [0.2, 0.25) is 10.0 Å². The second kappa shape index (κ2) is 9.22. The molecule has 0 spiro atoms. The molecule has 1 aliphatic heterocycles. The Hall–Kier alpha value is -1.35. The lowest BCUT2D eigenvalue weighted by Gasteiger charge is -2.09. The number of esters is 1. The first kappa shape index (κ1) is 20.7. The van der Waals surface area contributed by atoms with Crippen molar-refractivity contribution in [3.05, 3.63) is 23.8 Å². The van der Waals surface area contributed by atoms with Gasteiger partial charge in [-0.25, -0.2) is 17.9 Å². The van der Waals surface area contributed by atoms with Crippen LogP contribution in [0.5, 0.6) is 5.75 Å². The maximum atomic E-state index is 12.2. The molecule has 1 heterocycles. The fourth-order valence-electron chi connectivity index (χ4n) is 2.31. The molecule has 2 rings (SSSR count). The number of rotatable bonds is 8. The van der Waals surface area contributed by atoms with Gasteiger partial charge < -0.3 is 14.8 Å². The van der Waals surface area contributed by atoms with Crippen molar-refractivity contribution >= 4 is 28.4 Å². The number of nitrogens with one attached hydrogen (secondary N) is 2. The van der Waals surface area contributed by atoms with Crippen LogP contribution >= 0.6 is 12.4 Å². The summed E-state index contributed by atoms with van der Waals surface area (Å²) in [7, 11) is -1.75. The smallest absolute Gasteiger partial charge is 0.347 e. The molecular weight excluding hydrogens is 356 g/mol. The predicted octanol–water partition coefficient (Wildman–Crippen LogP) is 0.863. The predicted molar refractivity (Wildman–Crippen MR) is 92.2 cm³/mol. The number of ether oxygens (including phenoxy) is 2. The molecule has 1 aromatic rings. The van der Waals surface area contributed by atoms with Gasteiger partial charge in [0.15, 0.2) is 6.10 Å². The lowest BCUT2D eigenvalue weighted by atomic mass is 10.1. The van der Waals surface area contributed by atoms with Gasteiger partial charge in [-0.3, -0.25) is 0 Å². The highest BCUT2D eigenvalue weighted by Gasteiger charge is 2.31.